The third-order valence-electron chi connectivity index (χ3n) is 2.14. The van der Waals surface area contributed by atoms with E-state index in [0.29, 0.717) is 0 Å². The lowest BCUT2D eigenvalue weighted by Crippen LogP contribution is -2.51. The summed E-state index contributed by atoms with van der Waals surface area (Å²) in [6.45, 7) is 9.87. The minimum atomic E-state index is -1.02. The number of rotatable bonds is 4. The van der Waals surface area contributed by atoms with Crippen LogP contribution in [0.1, 0.15) is 41.0 Å². The van der Waals surface area contributed by atoms with Crippen molar-refractivity contribution in [3.8, 4) is 0 Å². The van der Waals surface area contributed by atoms with Gasteiger partial charge in [-0.15, -0.1) is 0 Å². The first kappa shape index (κ1) is 15.7. The molecule has 0 bridgehead atoms. The number of hydrogen-bond acceptors (Lipinski definition) is 2. The zero-order valence-corrected chi connectivity index (χ0v) is 11.6. The monoisotopic (exact) mass is 244 g/mol. The van der Waals surface area contributed by atoms with Crippen LogP contribution in [-0.2, 0) is 4.79 Å². The van der Waals surface area contributed by atoms with E-state index in [1.54, 1.807) is 0 Å². The Morgan fingerprint density at radius 2 is 1.65 bits per heavy atom. The Balaban J connectivity index is 4.41. The van der Waals surface area contributed by atoms with Crippen LogP contribution in [0.2, 0.25) is 0 Å². The lowest BCUT2D eigenvalue weighted by Gasteiger charge is -2.34. The third-order valence-corrected chi connectivity index (χ3v) is 2.14. The highest BCUT2D eigenvalue weighted by atomic mass is 16.4. The highest BCUT2D eigenvalue weighted by Gasteiger charge is 2.28. The van der Waals surface area contributed by atoms with Crippen LogP contribution in [0.3, 0.4) is 0 Å². The molecule has 0 aromatic carbocycles. The maximum atomic E-state index is 11.7. The second-order valence-corrected chi connectivity index (χ2v) is 6.30. The first-order valence-corrected chi connectivity index (χ1v) is 5.68. The Bertz CT molecular complexity index is 293. The Morgan fingerprint density at radius 3 is 2.00 bits per heavy atom. The summed E-state index contributed by atoms with van der Waals surface area (Å²) in [5, 5.41) is 11.4. The molecule has 5 nitrogen and oxygen atoms in total. The summed E-state index contributed by atoms with van der Waals surface area (Å²) in [5.74, 6) is -1.02. The van der Waals surface area contributed by atoms with Crippen molar-refractivity contribution in [3.05, 3.63) is 0 Å². The van der Waals surface area contributed by atoms with Crippen molar-refractivity contribution in [3.63, 3.8) is 0 Å². The number of nitrogens with zero attached hydrogens (tertiary/aromatic N) is 1. The van der Waals surface area contributed by atoms with Crippen molar-refractivity contribution in [2.45, 2.75) is 46.6 Å². The first-order valence-electron chi connectivity index (χ1n) is 5.68. The molecule has 0 aromatic rings. The van der Waals surface area contributed by atoms with Crippen LogP contribution in [0.5, 0.6) is 0 Å². The van der Waals surface area contributed by atoms with Crippen molar-refractivity contribution in [2.24, 2.45) is 5.41 Å². The molecule has 0 heterocycles. The molecule has 0 fully saturated rings. The lowest BCUT2D eigenvalue weighted by atomic mass is 9.82. The highest BCUT2D eigenvalue weighted by Crippen LogP contribution is 2.26. The molecule has 5 heteroatoms. The summed E-state index contributed by atoms with van der Waals surface area (Å²) in [6, 6.07) is -0.360. The van der Waals surface area contributed by atoms with Crippen LogP contribution in [-0.4, -0.2) is 41.1 Å². The zero-order valence-electron chi connectivity index (χ0n) is 11.6. The van der Waals surface area contributed by atoms with Gasteiger partial charge in [0, 0.05) is 12.6 Å². The van der Waals surface area contributed by atoms with Crippen molar-refractivity contribution >= 4 is 12.0 Å². The second-order valence-electron chi connectivity index (χ2n) is 6.30. The topological polar surface area (TPSA) is 69.6 Å². The van der Waals surface area contributed by atoms with Crippen LogP contribution in [0.15, 0.2) is 0 Å². The zero-order chi connectivity index (χ0) is 13.9. The molecule has 0 spiro atoms. The van der Waals surface area contributed by atoms with E-state index in [4.69, 9.17) is 5.11 Å². The van der Waals surface area contributed by atoms with Crippen molar-refractivity contribution in [1.29, 1.82) is 0 Å². The number of likely N-dealkylation sites (N-methyl/N-ethyl adjacent to an activating group) is 1. The van der Waals surface area contributed by atoms with Gasteiger partial charge in [0.25, 0.3) is 0 Å². The van der Waals surface area contributed by atoms with Crippen LogP contribution in [0, 0.1) is 5.41 Å². The molecular weight excluding hydrogens is 220 g/mol. The quantitative estimate of drug-likeness (QED) is 0.794. The van der Waals surface area contributed by atoms with Gasteiger partial charge in [0.05, 0.1) is 0 Å². The van der Waals surface area contributed by atoms with Gasteiger partial charge in [0.2, 0.25) is 0 Å². The van der Waals surface area contributed by atoms with E-state index < -0.39 is 5.97 Å². The standard InChI is InChI=1S/C12H24N2O3/c1-11(2,3)8-12(4,5)13-10(17)14(6)7-9(15)16/h7-8H2,1-6H3,(H,13,17)(H,15,16). The van der Waals surface area contributed by atoms with Gasteiger partial charge in [-0.05, 0) is 25.7 Å². The molecule has 0 aromatic heterocycles. The summed E-state index contributed by atoms with van der Waals surface area (Å²) < 4.78 is 0. The molecule has 0 aliphatic rings. The van der Waals surface area contributed by atoms with Crippen LogP contribution < -0.4 is 5.32 Å². The van der Waals surface area contributed by atoms with Crippen molar-refractivity contribution in [1.82, 2.24) is 10.2 Å². The van der Waals surface area contributed by atoms with Gasteiger partial charge in [-0.1, -0.05) is 20.8 Å². The van der Waals surface area contributed by atoms with Crippen molar-refractivity contribution in [2.75, 3.05) is 13.6 Å². The van der Waals surface area contributed by atoms with Gasteiger partial charge in [-0.25, -0.2) is 4.79 Å². The molecule has 0 rings (SSSR count). The highest BCUT2D eigenvalue weighted by molar-refractivity contribution is 5.80. The molecule has 2 N–H and O–H groups in total. The molecule has 0 saturated carbocycles. The molecule has 0 atom stereocenters. The van der Waals surface area contributed by atoms with E-state index in [9.17, 15) is 9.59 Å². The fourth-order valence-electron chi connectivity index (χ4n) is 2.03. The molecule has 17 heavy (non-hydrogen) atoms. The average molecular weight is 244 g/mol. The third kappa shape index (κ3) is 7.60. The van der Waals surface area contributed by atoms with Gasteiger partial charge < -0.3 is 15.3 Å². The minimum Gasteiger partial charge on any atom is -0.480 e. The number of aliphatic carboxylic acids is 1. The van der Waals surface area contributed by atoms with Gasteiger partial charge in [-0.3, -0.25) is 4.79 Å². The maximum Gasteiger partial charge on any atom is 0.323 e. The fourth-order valence-corrected chi connectivity index (χ4v) is 2.03. The number of carbonyl (C=O) groups excluding carboxylic acids is 1. The number of amides is 2. The molecule has 100 valence electrons. The van der Waals surface area contributed by atoms with Gasteiger partial charge in [0.15, 0.2) is 0 Å². The Kier molecular flexibility index (Phi) is 4.98. The molecular formula is C12H24N2O3. The smallest absolute Gasteiger partial charge is 0.323 e. The first-order chi connectivity index (χ1) is 7.43. The molecule has 0 aliphatic carbocycles. The van der Waals surface area contributed by atoms with Crippen LogP contribution in [0.4, 0.5) is 4.79 Å². The second kappa shape index (κ2) is 5.38. The minimum absolute atomic E-state index is 0.0994. The number of urea groups is 1. The van der Waals surface area contributed by atoms with E-state index in [1.807, 2.05) is 13.8 Å². The molecule has 0 radical (unpaired) electrons. The predicted molar refractivity (Wildman–Crippen MR) is 66.9 cm³/mol. The van der Waals surface area contributed by atoms with Gasteiger partial charge in [-0.2, -0.15) is 0 Å². The SMILES string of the molecule is CN(CC(=O)O)C(=O)NC(C)(C)CC(C)(C)C. The average Bonchev–Trinajstić information content (AvgIpc) is 1.95. The van der Waals surface area contributed by atoms with Crippen molar-refractivity contribution < 1.29 is 14.7 Å². The molecule has 0 saturated heterocycles. The number of carboxylic acid groups (broad SMARTS) is 1. The number of carboxylic acids is 1. The fraction of sp³-hybridized carbons (Fsp3) is 0.833. The summed E-state index contributed by atoms with van der Waals surface area (Å²) in [5.41, 5.74) is -0.260. The summed E-state index contributed by atoms with van der Waals surface area (Å²) >= 11 is 0. The summed E-state index contributed by atoms with van der Waals surface area (Å²) in [4.78, 5) is 23.4. The Hall–Kier alpha value is -1.26. The Morgan fingerprint density at radius 1 is 1.18 bits per heavy atom. The van der Waals surface area contributed by atoms with E-state index in [0.717, 1.165) is 11.3 Å². The molecule has 0 aliphatic heterocycles. The molecule has 2 amide bonds. The number of carbonyl (C=O) groups is 2. The van der Waals surface area contributed by atoms with Crippen LogP contribution >= 0.6 is 0 Å². The number of hydrogen-bond donors (Lipinski definition) is 2. The lowest BCUT2D eigenvalue weighted by molar-refractivity contribution is -0.137. The normalized spacial score (nSPS) is 12.1. The van der Waals surface area contributed by atoms with Gasteiger partial charge in [0.1, 0.15) is 6.54 Å². The van der Waals surface area contributed by atoms with E-state index in [2.05, 4.69) is 26.1 Å². The predicted octanol–water partition coefficient (Wildman–Crippen LogP) is 1.93. The molecule has 0 unspecified atom stereocenters. The van der Waals surface area contributed by atoms with E-state index in [-0.39, 0.29) is 23.5 Å². The van der Waals surface area contributed by atoms with Gasteiger partial charge >= 0.3 is 12.0 Å². The maximum absolute atomic E-state index is 11.7. The summed E-state index contributed by atoms with van der Waals surface area (Å²) in [7, 11) is 1.47. The Labute approximate surface area is 103 Å². The van der Waals surface area contributed by atoms with Crippen LogP contribution in [0.25, 0.3) is 0 Å². The summed E-state index contributed by atoms with van der Waals surface area (Å²) in [6.07, 6.45) is 0.812. The largest absolute Gasteiger partial charge is 0.480 e. The van der Waals surface area contributed by atoms with E-state index in [1.165, 1.54) is 7.05 Å². The number of nitrogens with one attached hydrogen (secondary N) is 1. The van der Waals surface area contributed by atoms with E-state index >= 15 is 0 Å².